The van der Waals surface area contributed by atoms with Crippen molar-refractivity contribution in [3.63, 3.8) is 0 Å². The van der Waals surface area contributed by atoms with E-state index in [0.29, 0.717) is 24.5 Å². The van der Waals surface area contributed by atoms with Gasteiger partial charge in [-0.15, -0.1) is 0 Å². The first-order valence-electron chi connectivity index (χ1n) is 11.0. The van der Waals surface area contributed by atoms with E-state index in [2.05, 4.69) is 10.6 Å². The molecule has 1 saturated carbocycles. The van der Waals surface area contributed by atoms with Gasteiger partial charge in [0.2, 0.25) is 5.91 Å². The molecule has 2 N–H and O–H groups in total. The van der Waals surface area contributed by atoms with Crippen LogP contribution in [0.5, 0.6) is 5.75 Å². The fourth-order valence-corrected chi connectivity index (χ4v) is 4.50. The van der Waals surface area contributed by atoms with Crippen molar-refractivity contribution in [3.8, 4) is 5.75 Å². The monoisotopic (exact) mass is 414 g/mol. The average molecular weight is 415 g/mol. The number of anilines is 1. The number of ether oxygens (including phenoxy) is 1. The van der Waals surface area contributed by atoms with E-state index in [4.69, 9.17) is 4.74 Å². The summed E-state index contributed by atoms with van der Waals surface area (Å²) in [6, 6.07) is 7.53. The van der Waals surface area contributed by atoms with Gasteiger partial charge in [0.25, 0.3) is 5.91 Å². The lowest BCUT2D eigenvalue weighted by Gasteiger charge is -2.35. The van der Waals surface area contributed by atoms with E-state index in [1.54, 1.807) is 17.0 Å². The molecule has 1 aliphatic carbocycles. The number of hydrogen-bond donors (Lipinski definition) is 2. The van der Waals surface area contributed by atoms with Crippen molar-refractivity contribution >= 4 is 23.5 Å². The second kappa shape index (κ2) is 9.36. The van der Waals surface area contributed by atoms with Gasteiger partial charge in [-0.2, -0.15) is 0 Å². The summed E-state index contributed by atoms with van der Waals surface area (Å²) in [5.41, 5.74) is 0.637. The third-order valence-electron chi connectivity index (χ3n) is 6.22. The smallest absolute Gasteiger partial charge is 0.315 e. The molecule has 30 heavy (non-hydrogen) atoms. The average Bonchev–Trinajstić information content (AvgIpc) is 2.77. The number of benzene rings is 1. The van der Waals surface area contributed by atoms with Gasteiger partial charge in [-0.3, -0.25) is 14.5 Å². The molecular weight excluding hydrogens is 384 g/mol. The third-order valence-corrected chi connectivity index (χ3v) is 6.22. The van der Waals surface area contributed by atoms with Crippen molar-refractivity contribution in [1.29, 1.82) is 0 Å². The molecule has 4 amide bonds. The van der Waals surface area contributed by atoms with Crippen LogP contribution in [0.25, 0.3) is 0 Å². The summed E-state index contributed by atoms with van der Waals surface area (Å²) in [7, 11) is 0. The predicted molar refractivity (Wildman–Crippen MR) is 112 cm³/mol. The van der Waals surface area contributed by atoms with Crippen LogP contribution in [0.1, 0.15) is 44.9 Å². The van der Waals surface area contributed by atoms with E-state index in [-0.39, 0.29) is 43.1 Å². The highest BCUT2D eigenvalue weighted by Gasteiger charge is 2.30. The molecule has 0 unspecified atom stereocenters. The Hall–Kier alpha value is -2.77. The first kappa shape index (κ1) is 20.5. The Balaban J connectivity index is 1.24. The topological polar surface area (TPSA) is 91.0 Å². The first-order chi connectivity index (χ1) is 14.6. The summed E-state index contributed by atoms with van der Waals surface area (Å²) in [6.45, 7) is 1.12. The summed E-state index contributed by atoms with van der Waals surface area (Å²) in [5.74, 6) is 0.333. The van der Waals surface area contributed by atoms with Gasteiger partial charge >= 0.3 is 6.03 Å². The molecule has 3 aliphatic rings. The number of para-hydroxylation sites is 2. The van der Waals surface area contributed by atoms with E-state index in [0.717, 1.165) is 25.7 Å². The third kappa shape index (κ3) is 4.86. The molecule has 8 heteroatoms. The Morgan fingerprint density at radius 1 is 0.967 bits per heavy atom. The number of nitrogens with one attached hydrogen (secondary N) is 2. The van der Waals surface area contributed by atoms with Crippen LogP contribution in [-0.2, 0) is 9.59 Å². The Morgan fingerprint density at radius 2 is 1.63 bits per heavy atom. The zero-order valence-corrected chi connectivity index (χ0v) is 17.3. The van der Waals surface area contributed by atoms with Gasteiger partial charge < -0.3 is 20.3 Å². The van der Waals surface area contributed by atoms with Crippen LogP contribution in [0.4, 0.5) is 10.5 Å². The minimum Gasteiger partial charge on any atom is -0.482 e. The van der Waals surface area contributed by atoms with Gasteiger partial charge in [0.1, 0.15) is 12.3 Å². The minimum atomic E-state index is -0.210. The van der Waals surface area contributed by atoms with E-state index in [9.17, 15) is 14.4 Å². The number of nitrogens with zero attached hydrogens (tertiary/aromatic N) is 2. The molecular formula is C22H30N4O4. The number of carbonyl (C=O) groups excluding carboxylic acids is 3. The first-order valence-corrected chi connectivity index (χ1v) is 11.0. The maximum absolute atomic E-state index is 12.8. The molecule has 8 nitrogen and oxygen atoms in total. The molecule has 1 saturated heterocycles. The highest BCUT2D eigenvalue weighted by atomic mass is 16.5. The number of likely N-dealkylation sites (tertiary alicyclic amines) is 1. The lowest BCUT2D eigenvalue weighted by Crippen LogP contribution is -2.53. The second-order valence-corrected chi connectivity index (χ2v) is 8.34. The lowest BCUT2D eigenvalue weighted by molar-refractivity contribution is -0.132. The summed E-state index contributed by atoms with van der Waals surface area (Å²) >= 11 is 0. The van der Waals surface area contributed by atoms with Crippen molar-refractivity contribution in [2.24, 2.45) is 0 Å². The number of hydrogen-bond acceptors (Lipinski definition) is 4. The van der Waals surface area contributed by atoms with Crippen molar-refractivity contribution in [2.45, 2.75) is 57.0 Å². The largest absolute Gasteiger partial charge is 0.482 e. The maximum Gasteiger partial charge on any atom is 0.315 e. The van der Waals surface area contributed by atoms with Crippen molar-refractivity contribution < 1.29 is 19.1 Å². The van der Waals surface area contributed by atoms with Crippen LogP contribution in [0, 0.1) is 0 Å². The molecule has 0 atom stereocenters. The Kier molecular flexibility index (Phi) is 6.40. The molecule has 4 rings (SSSR count). The van der Waals surface area contributed by atoms with E-state index in [1.165, 1.54) is 24.2 Å². The maximum atomic E-state index is 12.8. The fraction of sp³-hybridized carbons (Fsp3) is 0.591. The van der Waals surface area contributed by atoms with E-state index >= 15 is 0 Å². The highest BCUT2D eigenvalue weighted by molar-refractivity contribution is 6.02. The van der Waals surface area contributed by atoms with Crippen LogP contribution < -0.4 is 20.3 Å². The number of piperidine rings is 1. The SMILES string of the molecule is O=C(NC1CCCCC1)NC1CCN(C(=O)CN2C(=O)COc3ccccc32)CC1. The molecule has 0 spiro atoms. The standard InChI is InChI=1S/C22H30N4O4/c27-20(14-26-18-8-4-5-9-19(18)30-15-21(26)28)25-12-10-17(11-13-25)24-22(29)23-16-6-2-1-3-7-16/h4-5,8-9,16-17H,1-3,6-7,10-15H2,(H2,23,24,29). The van der Waals surface area contributed by atoms with Crippen molar-refractivity contribution in [2.75, 3.05) is 31.1 Å². The molecule has 0 bridgehead atoms. The molecule has 2 heterocycles. The van der Waals surface area contributed by atoms with Crippen LogP contribution in [0.2, 0.25) is 0 Å². The molecule has 1 aromatic rings. The molecule has 2 aliphatic heterocycles. The van der Waals surface area contributed by atoms with Gasteiger partial charge in [-0.05, 0) is 37.8 Å². The Labute approximate surface area is 176 Å². The molecule has 1 aromatic carbocycles. The van der Waals surface area contributed by atoms with Gasteiger partial charge in [-0.25, -0.2) is 4.79 Å². The van der Waals surface area contributed by atoms with Crippen molar-refractivity contribution in [3.05, 3.63) is 24.3 Å². The van der Waals surface area contributed by atoms with Crippen molar-refractivity contribution in [1.82, 2.24) is 15.5 Å². The van der Waals surface area contributed by atoms with Gasteiger partial charge in [-0.1, -0.05) is 31.4 Å². The van der Waals surface area contributed by atoms with Crippen LogP contribution >= 0.6 is 0 Å². The predicted octanol–water partition coefficient (Wildman–Crippen LogP) is 2.03. The minimum absolute atomic E-state index is 0.0134. The zero-order chi connectivity index (χ0) is 20.9. The number of amides is 4. The fourth-order valence-electron chi connectivity index (χ4n) is 4.50. The van der Waals surface area contributed by atoms with E-state index in [1.807, 2.05) is 12.1 Å². The number of fused-ring (bicyclic) bond motifs is 1. The van der Waals surface area contributed by atoms with Gasteiger partial charge in [0.15, 0.2) is 6.61 Å². The normalized spacial score (nSPS) is 20.3. The van der Waals surface area contributed by atoms with Gasteiger partial charge in [0.05, 0.1) is 5.69 Å². The van der Waals surface area contributed by atoms with E-state index < -0.39 is 0 Å². The molecule has 2 fully saturated rings. The number of rotatable bonds is 4. The number of carbonyl (C=O) groups is 3. The number of urea groups is 1. The Morgan fingerprint density at radius 3 is 2.37 bits per heavy atom. The van der Waals surface area contributed by atoms with Gasteiger partial charge in [0, 0.05) is 25.2 Å². The zero-order valence-electron chi connectivity index (χ0n) is 17.3. The highest BCUT2D eigenvalue weighted by Crippen LogP contribution is 2.31. The summed E-state index contributed by atoms with van der Waals surface area (Å²) in [6.07, 6.45) is 7.18. The lowest BCUT2D eigenvalue weighted by atomic mass is 9.96. The molecule has 162 valence electrons. The van der Waals surface area contributed by atoms with Crippen LogP contribution in [0.3, 0.4) is 0 Å². The Bertz CT molecular complexity index is 785. The molecule has 0 radical (unpaired) electrons. The summed E-state index contributed by atoms with van der Waals surface area (Å²) in [5, 5.41) is 6.14. The molecule has 0 aromatic heterocycles. The quantitative estimate of drug-likeness (QED) is 0.789. The summed E-state index contributed by atoms with van der Waals surface area (Å²) < 4.78 is 5.44. The second-order valence-electron chi connectivity index (χ2n) is 8.34. The van der Waals surface area contributed by atoms with Crippen LogP contribution in [-0.4, -0.2) is 61.1 Å². The summed E-state index contributed by atoms with van der Waals surface area (Å²) in [4.78, 5) is 40.6. The van der Waals surface area contributed by atoms with Crippen LogP contribution in [0.15, 0.2) is 24.3 Å².